The predicted molar refractivity (Wildman–Crippen MR) is 31.6 cm³/mol. The van der Waals surface area contributed by atoms with E-state index in [4.69, 9.17) is 0 Å². The molecule has 0 N–H and O–H groups in total. The van der Waals surface area contributed by atoms with Gasteiger partial charge in [0.15, 0.2) is 0 Å². The molecule has 0 aliphatic carbocycles. The van der Waals surface area contributed by atoms with Gasteiger partial charge in [0, 0.05) is 22.4 Å². The number of rotatable bonds is 0. The zero-order chi connectivity index (χ0) is 6.62. The van der Waals surface area contributed by atoms with E-state index in [1.165, 1.54) is 0 Å². The molecule has 0 aromatic heterocycles. The minimum atomic E-state index is -3.04. The number of halogens is 3. The molecule has 3 heteroatoms. The Morgan fingerprint density at radius 3 is 2.25 bits per heavy atom. The molecule has 0 saturated heterocycles. The Morgan fingerprint density at radius 2 is 2.12 bits per heavy atom. The molecule has 0 unspecified atom stereocenters. The summed E-state index contributed by atoms with van der Waals surface area (Å²) in [7, 11) is 0. The molecule has 0 atom stereocenters. The maximum absolute atomic E-state index is 11.6. The van der Waals surface area contributed by atoms with Gasteiger partial charge in [-0.1, -0.05) is 5.92 Å². The van der Waals surface area contributed by atoms with Crippen LogP contribution in [0, 0.1) is 18.8 Å². The topological polar surface area (TPSA) is 0 Å². The van der Waals surface area contributed by atoms with Crippen molar-refractivity contribution >= 4 is 15.9 Å². The number of hydrogen-bond donors (Lipinski definition) is 0. The standard InChI is InChI=1S/C5H4BrF2/c1-2-3-4-5(6,7)8/h1-2H2. The first-order valence-corrected chi connectivity index (χ1v) is 2.71. The Bertz CT molecular complexity index is 115. The van der Waals surface area contributed by atoms with E-state index in [1.807, 2.05) is 15.9 Å². The van der Waals surface area contributed by atoms with Crippen LogP contribution in [0.4, 0.5) is 8.78 Å². The van der Waals surface area contributed by atoms with E-state index in [-0.39, 0.29) is 6.42 Å². The summed E-state index contributed by atoms with van der Waals surface area (Å²) in [6.45, 7) is 3.26. The highest BCUT2D eigenvalue weighted by Crippen LogP contribution is 2.19. The van der Waals surface area contributed by atoms with Crippen LogP contribution in [0.2, 0.25) is 0 Å². The van der Waals surface area contributed by atoms with Crippen molar-refractivity contribution < 1.29 is 8.78 Å². The molecule has 1 radical (unpaired) electrons. The van der Waals surface area contributed by atoms with Crippen LogP contribution in [0.25, 0.3) is 0 Å². The molecule has 0 aliphatic rings. The molecule has 0 aromatic rings. The van der Waals surface area contributed by atoms with Crippen molar-refractivity contribution in [2.75, 3.05) is 0 Å². The normalized spacial score (nSPS) is 10.0. The SMILES string of the molecule is [CH2]CC#CC(F)(F)Br. The molecule has 0 rings (SSSR count). The summed E-state index contributed by atoms with van der Waals surface area (Å²) >= 11 is 2.04. The first kappa shape index (κ1) is 7.90. The molecule has 0 nitrogen and oxygen atoms in total. The molecule has 45 valence electrons. The van der Waals surface area contributed by atoms with Gasteiger partial charge in [-0.25, -0.2) is 0 Å². The zero-order valence-corrected chi connectivity index (χ0v) is 5.63. The maximum atomic E-state index is 11.6. The van der Waals surface area contributed by atoms with Crippen molar-refractivity contribution in [2.24, 2.45) is 0 Å². The van der Waals surface area contributed by atoms with Gasteiger partial charge in [0.1, 0.15) is 0 Å². The van der Waals surface area contributed by atoms with Crippen molar-refractivity contribution in [3.05, 3.63) is 6.92 Å². The maximum Gasteiger partial charge on any atom is 0.363 e. The first-order chi connectivity index (χ1) is 3.56. The third-order valence-corrected chi connectivity index (χ3v) is 0.553. The quantitative estimate of drug-likeness (QED) is 0.398. The molecule has 0 spiro atoms. The van der Waals surface area contributed by atoms with Gasteiger partial charge in [-0.2, -0.15) is 8.78 Å². The predicted octanol–water partition coefficient (Wildman–Crippen LogP) is 2.20. The molecule has 0 bridgehead atoms. The van der Waals surface area contributed by atoms with Crippen molar-refractivity contribution in [3.8, 4) is 11.8 Å². The second kappa shape index (κ2) is 3.03. The zero-order valence-electron chi connectivity index (χ0n) is 4.05. The number of hydrogen-bond acceptors (Lipinski definition) is 0. The summed E-state index contributed by atoms with van der Waals surface area (Å²) in [6, 6.07) is 0. The van der Waals surface area contributed by atoms with Gasteiger partial charge >= 0.3 is 4.83 Å². The molecule has 0 amide bonds. The van der Waals surface area contributed by atoms with Crippen molar-refractivity contribution in [1.82, 2.24) is 0 Å². The van der Waals surface area contributed by atoms with Gasteiger partial charge in [-0.05, 0) is 12.8 Å². The molecule has 0 aliphatic heterocycles. The molecular formula is C5H4BrF2. The lowest BCUT2D eigenvalue weighted by molar-refractivity contribution is 0.182. The Morgan fingerprint density at radius 1 is 1.62 bits per heavy atom. The van der Waals surface area contributed by atoms with E-state index < -0.39 is 4.83 Å². The van der Waals surface area contributed by atoms with Crippen LogP contribution in [0.1, 0.15) is 6.42 Å². The van der Waals surface area contributed by atoms with Crippen molar-refractivity contribution in [1.29, 1.82) is 0 Å². The summed E-state index contributed by atoms with van der Waals surface area (Å²) < 4.78 is 23.2. The van der Waals surface area contributed by atoms with Crippen LogP contribution >= 0.6 is 15.9 Å². The lowest BCUT2D eigenvalue weighted by Crippen LogP contribution is -1.97. The van der Waals surface area contributed by atoms with E-state index in [1.54, 1.807) is 5.92 Å². The summed E-state index contributed by atoms with van der Waals surface area (Å²) in [5, 5.41) is 0. The average molecular weight is 182 g/mol. The van der Waals surface area contributed by atoms with Gasteiger partial charge < -0.3 is 0 Å². The molecule has 0 aromatic carbocycles. The average Bonchev–Trinajstić information content (AvgIpc) is 1.59. The van der Waals surface area contributed by atoms with Crippen LogP contribution in [0.5, 0.6) is 0 Å². The third kappa shape index (κ3) is 5.90. The van der Waals surface area contributed by atoms with E-state index in [0.29, 0.717) is 0 Å². The van der Waals surface area contributed by atoms with Crippen LogP contribution in [-0.4, -0.2) is 4.83 Å². The fourth-order valence-electron chi connectivity index (χ4n) is 0.163. The highest BCUT2D eigenvalue weighted by molar-refractivity contribution is 9.10. The molecule has 0 saturated carbocycles. The third-order valence-electron chi connectivity index (χ3n) is 0.355. The van der Waals surface area contributed by atoms with Gasteiger partial charge in [0.25, 0.3) is 0 Å². The first-order valence-electron chi connectivity index (χ1n) is 1.92. The summed E-state index contributed by atoms with van der Waals surface area (Å²) in [4.78, 5) is -3.04. The summed E-state index contributed by atoms with van der Waals surface area (Å²) in [6.07, 6.45) is 0.210. The van der Waals surface area contributed by atoms with Crippen LogP contribution in [0.15, 0.2) is 0 Å². The second-order valence-electron chi connectivity index (χ2n) is 1.05. The molecule has 0 fully saturated rings. The fraction of sp³-hybridized carbons (Fsp3) is 0.400. The smallest absolute Gasteiger partial charge is 0.180 e. The Kier molecular flexibility index (Phi) is 2.99. The van der Waals surface area contributed by atoms with E-state index >= 15 is 0 Å². The van der Waals surface area contributed by atoms with Gasteiger partial charge in [-0.15, -0.1) is 0 Å². The number of alkyl halides is 3. The van der Waals surface area contributed by atoms with Crippen molar-refractivity contribution in [3.63, 3.8) is 0 Å². The van der Waals surface area contributed by atoms with Gasteiger partial charge in [-0.3, -0.25) is 0 Å². The Balaban J connectivity index is 3.69. The summed E-state index contributed by atoms with van der Waals surface area (Å²) in [5.74, 6) is 3.77. The molecule has 0 heterocycles. The summed E-state index contributed by atoms with van der Waals surface area (Å²) in [5.41, 5.74) is 0. The minimum absolute atomic E-state index is 0.210. The molecular weight excluding hydrogens is 178 g/mol. The molecule has 8 heavy (non-hydrogen) atoms. The van der Waals surface area contributed by atoms with Gasteiger partial charge in [0.2, 0.25) is 0 Å². The van der Waals surface area contributed by atoms with Crippen molar-refractivity contribution in [2.45, 2.75) is 11.3 Å². The fourth-order valence-corrected chi connectivity index (χ4v) is 0.303. The van der Waals surface area contributed by atoms with Crippen LogP contribution in [-0.2, 0) is 0 Å². The lowest BCUT2D eigenvalue weighted by Gasteiger charge is -1.92. The second-order valence-corrected chi connectivity index (χ2v) is 2.05. The van der Waals surface area contributed by atoms with E-state index in [0.717, 1.165) is 0 Å². The van der Waals surface area contributed by atoms with Crippen LogP contribution < -0.4 is 0 Å². The van der Waals surface area contributed by atoms with Gasteiger partial charge in [0.05, 0.1) is 0 Å². The Labute approximate surface area is 55.4 Å². The van der Waals surface area contributed by atoms with E-state index in [9.17, 15) is 8.78 Å². The monoisotopic (exact) mass is 181 g/mol. The highest BCUT2D eigenvalue weighted by atomic mass is 79.9. The largest absolute Gasteiger partial charge is 0.363 e. The Hall–Kier alpha value is -0.100. The minimum Gasteiger partial charge on any atom is -0.180 e. The highest BCUT2D eigenvalue weighted by Gasteiger charge is 2.18. The van der Waals surface area contributed by atoms with Crippen LogP contribution in [0.3, 0.4) is 0 Å². The van der Waals surface area contributed by atoms with E-state index in [2.05, 4.69) is 12.8 Å². The lowest BCUT2D eigenvalue weighted by atomic mass is 10.5.